The highest BCUT2D eigenvalue weighted by atomic mass is 16.5. The summed E-state index contributed by atoms with van der Waals surface area (Å²) in [6, 6.07) is 5.48. The van der Waals surface area contributed by atoms with Crippen LogP contribution in [0.3, 0.4) is 0 Å². The molecule has 1 aliphatic rings. The molecular weight excluding hydrogens is 340 g/mol. The zero-order valence-electron chi connectivity index (χ0n) is 14.5. The minimum atomic E-state index is -1.06. The number of carbonyl (C=O) groups excluding carboxylic acids is 1. The number of hydrogen-bond acceptors (Lipinski definition) is 5. The second-order valence-corrected chi connectivity index (χ2v) is 6.03. The van der Waals surface area contributed by atoms with Crippen LogP contribution in [0.4, 0.5) is 4.79 Å². The lowest BCUT2D eigenvalue weighted by molar-refractivity contribution is -0.142. The second kappa shape index (κ2) is 8.05. The van der Waals surface area contributed by atoms with Crippen molar-refractivity contribution >= 4 is 22.9 Å². The lowest BCUT2D eigenvalue weighted by Gasteiger charge is -2.29. The van der Waals surface area contributed by atoms with Crippen LogP contribution in [0.1, 0.15) is 12.6 Å². The number of benzene rings is 1. The van der Waals surface area contributed by atoms with Crippen molar-refractivity contribution in [2.45, 2.75) is 19.4 Å². The van der Waals surface area contributed by atoms with E-state index in [4.69, 9.17) is 14.6 Å². The molecule has 3 N–H and O–H groups in total. The van der Waals surface area contributed by atoms with Gasteiger partial charge in [0.05, 0.1) is 13.2 Å². The molecule has 1 saturated heterocycles. The number of ether oxygens (including phenoxy) is 2. The normalized spacial score (nSPS) is 15.7. The first kappa shape index (κ1) is 18.0. The van der Waals surface area contributed by atoms with Gasteiger partial charge >= 0.3 is 6.09 Å². The monoisotopic (exact) mass is 362 g/mol. The first-order valence-electron chi connectivity index (χ1n) is 8.52. The molecule has 0 bridgehead atoms. The molecule has 2 amide bonds. The van der Waals surface area contributed by atoms with E-state index in [9.17, 15) is 9.59 Å². The highest BCUT2D eigenvalue weighted by Crippen LogP contribution is 2.27. The first-order valence-corrected chi connectivity index (χ1v) is 8.52. The molecular formula is C17H22N4O5. The van der Waals surface area contributed by atoms with Gasteiger partial charge in [0.15, 0.2) is 6.10 Å². The van der Waals surface area contributed by atoms with Crippen LogP contribution in [0.5, 0.6) is 5.75 Å². The maximum Gasteiger partial charge on any atom is 0.404 e. The van der Waals surface area contributed by atoms with Gasteiger partial charge in [0.25, 0.3) is 5.91 Å². The van der Waals surface area contributed by atoms with Gasteiger partial charge in [-0.05, 0) is 13.0 Å². The number of carboxylic acid groups (broad SMARTS) is 1. The molecule has 1 fully saturated rings. The SMILES string of the molecule is C[C@H](Oc1cccc2c(CCNC(=O)O)[nH]nc12)C(=O)N1CCOCC1. The Labute approximate surface area is 150 Å². The summed E-state index contributed by atoms with van der Waals surface area (Å²) in [6.45, 7) is 4.23. The zero-order valence-corrected chi connectivity index (χ0v) is 14.5. The number of nitrogens with one attached hydrogen (secondary N) is 2. The highest BCUT2D eigenvalue weighted by Gasteiger charge is 2.24. The van der Waals surface area contributed by atoms with Crippen LogP contribution in [0.15, 0.2) is 18.2 Å². The van der Waals surface area contributed by atoms with E-state index < -0.39 is 12.2 Å². The van der Waals surface area contributed by atoms with E-state index in [1.165, 1.54) is 0 Å². The number of carbonyl (C=O) groups is 2. The van der Waals surface area contributed by atoms with Gasteiger partial charge in [-0.15, -0.1) is 0 Å². The Kier molecular flexibility index (Phi) is 5.57. The van der Waals surface area contributed by atoms with Crippen LogP contribution in [-0.2, 0) is 16.0 Å². The number of fused-ring (bicyclic) bond motifs is 1. The first-order chi connectivity index (χ1) is 12.6. The molecule has 9 nitrogen and oxygen atoms in total. The molecule has 0 saturated carbocycles. The Morgan fingerprint density at radius 1 is 1.42 bits per heavy atom. The fourth-order valence-corrected chi connectivity index (χ4v) is 2.93. The molecule has 0 aliphatic carbocycles. The molecule has 1 aliphatic heterocycles. The fourth-order valence-electron chi connectivity index (χ4n) is 2.93. The Morgan fingerprint density at radius 2 is 2.19 bits per heavy atom. The molecule has 1 aromatic carbocycles. The van der Waals surface area contributed by atoms with Crippen molar-refractivity contribution in [1.82, 2.24) is 20.4 Å². The smallest absolute Gasteiger partial charge is 0.404 e. The third kappa shape index (κ3) is 4.05. The van der Waals surface area contributed by atoms with E-state index in [1.54, 1.807) is 17.9 Å². The number of amides is 2. The number of aromatic nitrogens is 2. The highest BCUT2D eigenvalue weighted by molar-refractivity contribution is 5.88. The number of nitrogens with zero attached hydrogens (tertiary/aromatic N) is 2. The molecule has 1 atom stereocenters. The minimum Gasteiger partial charge on any atom is -0.479 e. The van der Waals surface area contributed by atoms with Crippen LogP contribution in [0.2, 0.25) is 0 Å². The molecule has 140 valence electrons. The third-order valence-corrected chi connectivity index (χ3v) is 4.25. The van der Waals surface area contributed by atoms with Gasteiger partial charge in [-0.1, -0.05) is 12.1 Å². The van der Waals surface area contributed by atoms with Crippen LogP contribution >= 0.6 is 0 Å². The fraction of sp³-hybridized carbons (Fsp3) is 0.471. The second-order valence-electron chi connectivity index (χ2n) is 6.03. The maximum atomic E-state index is 12.5. The molecule has 0 unspecified atom stereocenters. The van der Waals surface area contributed by atoms with E-state index in [1.807, 2.05) is 12.1 Å². The average Bonchev–Trinajstić information content (AvgIpc) is 3.06. The topological polar surface area (TPSA) is 117 Å². The number of aromatic amines is 1. The number of para-hydroxylation sites is 1. The van der Waals surface area contributed by atoms with E-state index in [0.29, 0.717) is 44.0 Å². The maximum absolute atomic E-state index is 12.5. The largest absolute Gasteiger partial charge is 0.479 e. The average molecular weight is 362 g/mol. The van der Waals surface area contributed by atoms with Crippen LogP contribution in [-0.4, -0.2) is 71.2 Å². The summed E-state index contributed by atoms with van der Waals surface area (Å²) in [4.78, 5) is 24.8. The van der Waals surface area contributed by atoms with Crippen molar-refractivity contribution < 1.29 is 24.2 Å². The van der Waals surface area contributed by atoms with Crippen molar-refractivity contribution in [3.05, 3.63) is 23.9 Å². The summed E-state index contributed by atoms with van der Waals surface area (Å²) in [5, 5.41) is 19.0. The lowest BCUT2D eigenvalue weighted by Crippen LogP contribution is -2.46. The molecule has 26 heavy (non-hydrogen) atoms. The van der Waals surface area contributed by atoms with Gasteiger partial charge in [-0.25, -0.2) is 4.79 Å². The third-order valence-electron chi connectivity index (χ3n) is 4.25. The van der Waals surface area contributed by atoms with E-state index >= 15 is 0 Å². The molecule has 1 aromatic heterocycles. The van der Waals surface area contributed by atoms with E-state index in [-0.39, 0.29) is 12.5 Å². The Hall–Kier alpha value is -2.81. The molecule has 3 rings (SSSR count). The Morgan fingerprint density at radius 3 is 2.92 bits per heavy atom. The van der Waals surface area contributed by atoms with Crippen molar-refractivity contribution in [3.8, 4) is 5.75 Å². The van der Waals surface area contributed by atoms with E-state index in [0.717, 1.165) is 11.1 Å². The van der Waals surface area contributed by atoms with Gasteiger partial charge in [-0.2, -0.15) is 5.10 Å². The summed E-state index contributed by atoms with van der Waals surface area (Å²) >= 11 is 0. The number of hydrogen-bond donors (Lipinski definition) is 3. The summed E-state index contributed by atoms with van der Waals surface area (Å²) < 4.78 is 11.1. The quantitative estimate of drug-likeness (QED) is 0.706. The van der Waals surface area contributed by atoms with Crippen molar-refractivity contribution in [1.29, 1.82) is 0 Å². The molecule has 2 aromatic rings. The van der Waals surface area contributed by atoms with Gasteiger partial charge in [-0.3, -0.25) is 9.89 Å². The molecule has 9 heteroatoms. The summed E-state index contributed by atoms with van der Waals surface area (Å²) in [6.07, 6.45) is -1.21. The summed E-state index contributed by atoms with van der Waals surface area (Å²) in [5.74, 6) is 0.442. The van der Waals surface area contributed by atoms with Crippen molar-refractivity contribution in [3.63, 3.8) is 0 Å². The van der Waals surface area contributed by atoms with Gasteiger partial charge < -0.3 is 24.8 Å². The van der Waals surface area contributed by atoms with Gasteiger partial charge in [0.2, 0.25) is 0 Å². The molecule has 0 radical (unpaired) electrons. The van der Waals surface area contributed by atoms with Crippen molar-refractivity contribution in [2.75, 3.05) is 32.8 Å². The number of rotatable bonds is 6. The van der Waals surface area contributed by atoms with Crippen LogP contribution < -0.4 is 10.1 Å². The Balaban J connectivity index is 1.70. The molecule has 2 heterocycles. The van der Waals surface area contributed by atoms with Gasteiger partial charge in [0.1, 0.15) is 11.3 Å². The van der Waals surface area contributed by atoms with Gasteiger partial charge in [0, 0.05) is 37.1 Å². The standard InChI is InChI=1S/C17H22N4O5/c1-11(16(22)21-7-9-25-10-8-21)26-14-4-2-3-12-13(19-20-15(12)14)5-6-18-17(23)24/h2-4,11,18H,5-10H2,1H3,(H,19,20)(H,23,24)/t11-/m0/s1. The lowest BCUT2D eigenvalue weighted by atomic mass is 10.1. The predicted octanol–water partition coefficient (Wildman–Crippen LogP) is 0.999. The number of morpholine rings is 1. The Bertz CT molecular complexity index is 785. The van der Waals surface area contributed by atoms with Crippen LogP contribution in [0.25, 0.3) is 10.9 Å². The zero-order chi connectivity index (χ0) is 18.5. The van der Waals surface area contributed by atoms with Crippen molar-refractivity contribution in [2.24, 2.45) is 0 Å². The minimum absolute atomic E-state index is 0.0771. The number of H-pyrrole nitrogens is 1. The summed E-state index contributed by atoms with van der Waals surface area (Å²) in [7, 11) is 0. The predicted molar refractivity (Wildman–Crippen MR) is 93.3 cm³/mol. The van der Waals surface area contributed by atoms with E-state index in [2.05, 4.69) is 15.5 Å². The van der Waals surface area contributed by atoms with Crippen LogP contribution in [0, 0.1) is 0 Å². The summed E-state index contributed by atoms with van der Waals surface area (Å²) in [5.41, 5.74) is 1.44. The molecule has 0 spiro atoms.